The van der Waals surface area contributed by atoms with E-state index in [9.17, 15) is 4.79 Å². The average molecular weight is 405 g/mol. The highest BCUT2D eigenvalue weighted by atomic mass is 16.5. The van der Waals surface area contributed by atoms with Gasteiger partial charge in [0, 0.05) is 37.7 Å². The van der Waals surface area contributed by atoms with Crippen LogP contribution in [0.2, 0.25) is 0 Å². The minimum Gasteiger partial charge on any atom is -0.497 e. The average Bonchev–Trinajstić information content (AvgIpc) is 3.59. The summed E-state index contributed by atoms with van der Waals surface area (Å²) < 4.78 is 11.7. The molecule has 0 radical (unpaired) electrons. The molecule has 3 aliphatic rings. The fraction of sp³-hybridized carbons (Fsp3) is 0.417. The summed E-state index contributed by atoms with van der Waals surface area (Å²) in [4.78, 5) is 22.0. The number of fused-ring (bicyclic) bond motifs is 2. The van der Waals surface area contributed by atoms with Crippen LogP contribution in [0.4, 0.5) is 5.69 Å². The third-order valence-electron chi connectivity index (χ3n) is 6.13. The van der Waals surface area contributed by atoms with Crippen LogP contribution < -0.4 is 9.47 Å². The van der Waals surface area contributed by atoms with Crippen LogP contribution in [-0.2, 0) is 4.79 Å². The second-order valence-electron chi connectivity index (χ2n) is 8.47. The largest absolute Gasteiger partial charge is 0.497 e. The van der Waals surface area contributed by atoms with Gasteiger partial charge >= 0.3 is 0 Å². The number of aliphatic imine (C=N–C) groups is 1. The normalized spacial score (nSPS) is 20.5. The second-order valence-corrected chi connectivity index (χ2v) is 8.47. The molecule has 6 nitrogen and oxygen atoms in total. The van der Waals surface area contributed by atoms with Gasteiger partial charge in [0.15, 0.2) is 5.75 Å². The lowest BCUT2D eigenvalue weighted by molar-refractivity contribution is -0.136. The molecule has 1 atom stereocenters. The first-order valence-corrected chi connectivity index (χ1v) is 10.6. The Balaban J connectivity index is 1.51. The van der Waals surface area contributed by atoms with E-state index in [1.807, 2.05) is 42.2 Å². The standard InChI is InChI=1S/C24H27N3O3/c1-15-4-9-20-22(12-15)30-21-13-18(29-3)7-8-19(21)23(25-20)26-10-11-27(16(2)14-26)24(28)17-5-6-17/h4,7-9,12-13,16-17H,5-6,10-11,14H2,1-3H3/t16-/m1/s1. The Labute approximate surface area is 177 Å². The lowest BCUT2D eigenvalue weighted by Gasteiger charge is -2.41. The van der Waals surface area contributed by atoms with Crippen molar-refractivity contribution in [2.45, 2.75) is 32.7 Å². The number of hydrogen-bond acceptors (Lipinski definition) is 5. The maximum atomic E-state index is 12.6. The number of amidine groups is 1. The van der Waals surface area contributed by atoms with Crippen LogP contribution in [0.1, 0.15) is 30.9 Å². The summed E-state index contributed by atoms with van der Waals surface area (Å²) in [5, 5.41) is 0. The molecule has 2 aliphatic heterocycles. The van der Waals surface area contributed by atoms with Crippen LogP contribution in [0.25, 0.3) is 0 Å². The van der Waals surface area contributed by atoms with Crippen molar-refractivity contribution in [2.75, 3.05) is 26.7 Å². The maximum absolute atomic E-state index is 12.6. The molecular weight excluding hydrogens is 378 g/mol. The molecular formula is C24H27N3O3. The van der Waals surface area contributed by atoms with E-state index in [2.05, 4.69) is 17.9 Å². The van der Waals surface area contributed by atoms with Crippen LogP contribution in [0.15, 0.2) is 41.4 Å². The number of rotatable bonds is 2. The summed E-state index contributed by atoms with van der Waals surface area (Å²) in [6, 6.07) is 12.1. The van der Waals surface area contributed by atoms with Gasteiger partial charge in [-0.2, -0.15) is 0 Å². The van der Waals surface area contributed by atoms with Crippen LogP contribution in [0.5, 0.6) is 17.2 Å². The topological polar surface area (TPSA) is 54.4 Å². The molecule has 2 aromatic rings. The van der Waals surface area contributed by atoms with Crippen molar-refractivity contribution in [3.8, 4) is 17.2 Å². The lowest BCUT2D eigenvalue weighted by Crippen LogP contribution is -2.56. The van der Waals surface area contributed by atoms with Gasteiger partial charge in [-0.1, -0.05) is 6.07 Å². The molecule has 1 amide bonds. The molecule has 0 spiro atoms. The van der Waals surface area contributed by atoms with E-state index in [0.29, 0.717) is 5.91 Å². The number of nitrogens with zero attached hydrogens (tertiary/aromatic N) is 3. The monoisotopic (exact) mass is 405 g/mol. The first kappa shape index (κ1) is 19.0. The van der Waals surface area contributed by atoms with Gasteiger partial charge < -0.3 is 19.3 Å². The van der Waals surface area contributed by atoms with Gasteiger partial charge in [-0.15, -0.1) is 0 Å². The summed E-state index contributed by atoms with van der Waals surface area (Å²) >= 11 is 0. The molecule has 1 aliphatic carbocycles. The van der Waals surface area contributed by atoms with Gasteiger partial charge in [0.2, 0.25) is 5.91 Å². The number of piperazine rings is 1. The Morgan fingerprint density at radius 1 is 1.13 bits per heavy atom. The molecule has 1 saturated carbocycles. The summed E-state index contributed by atoms with van der Waals surface area (Å²) in [5.74, 6) is 3.69. The third kappa shape index (κ3) is 3.40. The van der Waals surface area contributed by atoms with E-state index in [1.165, 1.54) is 0 Å². The lowest BCUT2D eigenvalue weighted by atomic mass is 10.1. The van der Waals surface area contributed by atoms with Gasteiger partial charge in [0.05, 0.1) is 12.7 Å². The summed E-state index contributed by atoms with van der Waals surface area (Å²) in [5.41, 5.74) is 2.88. The fourth-order valence-corrected chi connectivity index (χ4v) is 4.27. The zero-order valence-corrected chi connectivity index (χ0v) is 17.7. The second kappa shape index (κ2) is 7.35. The molecule has 5 rings (SSSR count). The number of aryl methyl sites for hydroxylation is 1. The molecule has 2 aromatic carbocycles. The van der Waals surface area contributed by atoms with E-state index in [-0.39, 0.29) is 12.0 Å². The minimum absolute atomic E-state index is 0.151. The number of benzene rings is 2. The van der Waals surface area contributed by atoms with Crippen molar-refractivity contribution >= 4 is 17.4 Å². The van der Waals surface area contributed by atoms with Crippen molar-refractivity contribution in [1.82, 2.24) is 9.80 Å². The quantitative estimate of drug-likeness (QED) is 0.754. The Hall–Kier alpha value is -3.02. The Morgan fingerprint density at radius 2 is 1.97 bits per heavy atom. The maximum Gasteiger partial charge on any atom is 0.226 e. The van der Waals surface area contributed by atoms with Crippen molar-refractivity contribution in [3.05, 3.63) is 47.5 Å². The molecule has 2 fully saturated rings. The summed E-state index contributed by atoms with van der Waals surface area (Å²) in [7, 11) is 1.66. The third-order valence-corrected chi connectivity index (χ3v) is 6.13. The van der Waals surface area contributed by atoms with Crippen LogP contribution >= 0.6 is 0 Å². The van der Waals surface area contributed by atoms with Crippen LogP contribution in [0, 0.1) is 12.8 Å². The molecule has 30 heavy (non-hydrogen) atoms. The van der Waals surface area contributed by atoms with Crippen molar-refractivity contribution < 1.29 is 14.3 Å². The van der Waals surface area contributed by atoms with Crippen molar-refractivity contribution in [3.63, 3.8) is 0 Å². The smallest absolute Gasteiger partial charge is 0.226 e. The summed E-state index contributed by atoms with van der Waals surface area (Å²) in [6.07, 6.45) is 2.09. The molecule has 0 N–H and O–H groups in total. The first-order chi connectivity index (χ1) is 14.5. The van der Waals surface area contributed by atoms with E-state index < -0.39 is 0 Å². The number of ether oxygens (including phenoxy) is 2. The number of hydrogen-bond donors (Lipinski definition) is 0. The molecule has 2 heterocycles. The Morgan fingerprint density at radius 3 is 2.70 bits per heavy atom. The molecule has 156 valence electrons. The molecule has 1 saturated heterocycles. The summed E-state index contributed by atoms with van der Waals surface area (Å²) in [6.45, 7) is 6.41. The van der Waals surface area contributed by atoms with E-state index in [1.54, 1.807) is 7.11 Å². The fourth-order valence-electron chi connectivity index (χ4n) is 4.27. The van der Waals surface area contributed by atoms with E-state index in [0.717, 1.165) is 72.4 Å². The predicted molar refractivity (Wildman–Crippen MR) is 116 cm³/mol. The number of carbonyl (C=O) groups excluding carboxylic acids is 1. The predicted octanol–water partition coefficient (Wildman–Crippen LogP) is 4.13. The highest BCUT2D eigenvalue weighted by molar-refractivity contribution is 6.04. The Bertz CT molecular complexity index is 1030. The minimum atomic E-state index is 0.151. The van der Waals surface area contributed by atoms with Crippen LogP contribution in [-0.4, -0.2) is 54.3 Å². The van der Waals surface area contributed by atoms with E-state index in [4.69, 9.17) is 14.5 Å². The van der Waals surface area contributed by atoms with Gasteiger partial charge in [-0.05, 0) is 56.5 Å². The molecule has 0 bridgehead atoms. The highest BCUT2D eigenvalue weighted by Crippen LogP contribution is 2.40. The zero-order valence-electron chi connectivity index (χ0n) is 17.7. The molecule has 0 unspecified atom stereocenters. The van der Waals surface area contributed by atoms with Gasteiger partial charge in [-0.25, -0.2) is 4.99 Å². The van der Waals surface area contributed by atoms with Gasteiger partial charge in [0.1, 0.15) is 23.0 Å². The van der Waals surface area contributed by atoms with E-state index >= 15 is 0 Å². The van der Waals surface area contributed by atoms with Crippen molar-refractivity contribution in [1.29, 1.82) is 0 Å². The number of carbonyl (C=O) groups is 1. The van der Waals surface area contributed by atoms with Crippen LogP contribution in [0.3, 0.4) is 0 Å². The Kier molecular flexibility index (Phi) is 4.65. The molecule has 0 aromatic heterocycles. The van der Waals surface area contributed by atoms with Crippen molar-refractivity contribution in [2.24, 2.45) is 10.9 Å². The van der Waals surface area contributed by atoms with Gasteiger partial charge in [-0.3, -0.25) is 4.79 Å². The zero-order chi connectivity index (χ0) is 20.8. The molecule has 6 heteroatoms. The first-order valence-electron chi connectivity index (χ1n) is 10.6. The highest BCUT2D eigenvalue weighted by Gasteiger charge is 2.38. The number of methoxy groups -OCH3 is 1. The number of amides is 1. The SMILES string of the molecule is COc1ccc2c(c1)Oc1cc(C)ccc1N=C2N1CCN(C(=O)C2CC2)[C@H](C)C1. The van der Waals surface area contributed by atoms with Gasteiger partial charge in [0.25, 0.3) is 0 Å².